The number of rotatable bonds is 6. The molecule has 5 heteroatoms. The molecule has 0 aliphatic carbocycles. The van der Waals surface area contributed by atoms with Crippen LogP contribution in [-0.2, 0) is 16.0 Å². The fraction of sp³-hybridized carbons (Fsp3) is 0.600. The number of likely N-dealkylation sites (tertiary alicyclic amines) is 1. The van der Waals surface area contributed by atoms with Crippen LogP contribution < -0.4 is 0 Å². The number of piperidine rings is 1. The van der Waals surface area contributed by atoms with E-state index in [2.05, 4.69) is 24.8 Å². The lowest BCUT2D eigenvalue weighted by molar-refractivity contribution is -0.150. The Labute approximate surface area is 155 Å². The van der Waals surface area contributed by atoms with Gasteiger partial charge in [0.15, 0.2) is 5.41 Å². The minimum absolute atomic E-state index is 0.270. The molecule has 0 bridgehead atoms. The topological polar surface area (TPSA) is 53.3 Å². The van der Waals surface area contributed by atoms with Crippen molar-refractivity contribution in [2.75, 3.05) is 13.7 Å². The molecular weight excluding hydrogens is 336 g/mol. The first-order valence-corrected chi connectivity index (χ1v) is 9.30. The molecule has 136 valence electrons. The Kier molecular flexibility index (Phi) is 6.87. The summed E-state index contributed by atoms with van der Waals surface area (Å²) in [7, 11) is 1.34. The monoisotopic (exact) mass is 362 g/mol. The van der Waals surface area contributed by atoms with E-state index in [1.165, 1.54) is 13.5 Å². The summed E-state index contributed by atoms with van der Waals surface area (Å²) in [5.74, 6) is -0.479. The van der Waals surface area contributed by atoms with Gasteiger partial charge in [-0.2, -0.15) is 5.26 Å². The molecule has 1 aliphatic heterocycles. The van der Waals surface area contributed by atoms with Gasteiger partial charge in [-0.3, -0.25) is 9.69 Å². The molecule has 1 aliphatic rings. The van der Waals surface area contributed by atoms with Gasteiger partial charge in [-0.15, -0.1) is 0 Å². The smallest absolute Gasteiger partial charge is 0.326 e. The molecule has 0 aromatic heterocycles. The first-order valence-electron chi connectivity index (χ1n) is 8.92. The second-order valence-corrected chi connectivity index (χ2v) is 7.48. The summed E-state index contributed by atoms with van der Waals surface area (Å²) in [4.78, 5) is 14.9. The van der Waals surface area contributed by atoms with Crippen LogP contribution in [0.4, 0.5) is 0 Å². The fourth-order valence-corrected chi connectivity index (χ4v) is 4.00. The molecule has 25 heavy (non-hydrogen) atoms. The zero-order valence-corrected chi connectivity index (χ0v) is 16.1. The molecule has 4 nitrogen and oxygen atoms in total. The van der Waals surface area contributed by atoms with Crippen LogP contribution in [0.25, 0.3) is 0 Å². The summed E-state index contributed by atoms with van der Waals surface area (Å²) >= 11 is 6.26. The number of hydrogen-bond donors (Lipinski definition) is 0. The van der Waals surface area contributed by atoms with E-state index in [9.17, 15) is 10.1 Å². The highest BCUT2D eigenvalue weighted by Crippen LogP contribution is 2.33. The van der Waals surface area contributed by atoms with E-state index >= 15 is 0 Å². The summed E-state index contributed by atoms with van der Waals surface area (Å²) in [6, 6.07) is 10.6. The van der Waals surface area contributed by atoms with Crippen molar-refractivity contribution < 1.29 is 9.53 Å². The highest BCUT2D eigenvalue weighted by molar-refractivity contribution is 6.31. The van der Waals surface area contributed by atoms with Gasteiger partial charge in [-0.05, 0) is 44.7 Å². The maximum Gasteiger partial charge on any atom is 0.326 e. The lowest BCUT2D eigenvalue weighted by Crippen LogP contribution is -2.46. The third kappa shape index (κ3) is 4.54. The van der Waals surface area contributed by atoms with E-state index in [0.29, 0.717) is 30.1 Å². The van der Waals surface area contributed by atoms with Crippen molar-refractivity contribution >= 4 is 17.6 Å². The minimum Gasteiger partial charge on any atom is -0.468 e. The number of ether oxygens (including phenoxy) is 1. The van der Waals surface area contributed by atoms with Crippen molar-refractivity contribution in [3.05, 3.63) is 34.9 Å². The van der Waals surface area contributed by atoms with Gasteiger partial charge < -0.3 is 4.74 Å². The summed E-state index contributed by atoms with van der Waals surface area (Å²) in [6.07, 6.45) is 4.26. The Morgan fingerprint density at radius 3 is 2.56 bits per heavy atom. The van der Waals surface area contributed by atoms with Crippen molar-refractivity contribution in [2.45, 2.75) is 58.0 Å². The van der Waals surface area contributed by atoms with Crippen molar-refractivity contribution in [1.82, 2.24) is 4.90 Å². The van der Waals surface area contributed by atoms with Crippen molar-refractivity contribution in [3.8, 4) is 6.07 Å². The molecule has 1 aromatic rings. The standard InChI is InChI=1S/C20H27ClN2O2/c1-15-7-6-8-16(2)23(15)12-11-20(14-22,19(24)25-3)13-17-9-4-5-10-18(17)21/h4-5,9-10,15-16H,6-8,11-13H2,1-3H3. The van der Waals surface area contributed by atoms with E-state index in [4.69, 9.17) is 16.3 Å². The van der Waals surface area contributed by atoms with E-state index in [1.54, 1.807) is 6.07 Å². The predicted molar refractivity (Wildman–Crippen MR) is 99.3 cm³/mol. The van der Waals surface area contributed by atoms with Gasteiger partial charge >= 0.3 is 5.97 Å². The van der Waals surface area contributed by atoms with Gasteiger partial charge in [0.2, 0.25) is 0 Å². The van der Waals surface area contributed by atoms with Crippen LogP contribution in [0.1, 0.15) is 45.1 Å². The number of carbonyl (C=O) groups is 1. The van der Waals surface area contributed by atoms with E-state index in [0.717, 1.165) is 18.4 Å². The normalized spacial score (nSPS) is 23.5. The Hall–Kier alpha value is -1.57. The van der Waals surface area contributed by atoms with Gasteiger partial charge in [0.05, 0.1) is 13.2 Å². The molecule has 0 radical (unpaired) electrons. The van der Waals surface area contributed by atoms with Gasteiger partial charge in [0.25, 0.3) is 0 Å². The highest BCUT2D eigenvalue weighted by atomic mass is 35.5. The average Bonchev–Trinajstić information content (AvgIpc) is 2.61. The Morgan fingerprint density at radius 1 is 1.36 bits per heavy atom. The summed E-state index contributed by atoms with van der Waals surface area (Å²) < 4.78 is 4.99. The number of carbonyl (C=O) groups excluding carboxylic acids is 1. The molecule has 0 N–H and O–H groups in total. The molecule has 2 rings (SSSR count). The number of methoxy groups -OCH3 is 1. The van der Waals surface area contributed by atoms with E-state index in [1.807, 2.05) is 18.2 Å². The van der Waals surface area contributed by atoms with Crippen LogP contribution in [0, 0.1) is 16.7 Å². The summed E-state index contributed by atoms with van der Waals surface area (Å²) in [5, 5.41) is 10.5. The van der Waals surface area contributed by atoms with Crippen molar-refractivity contribution in [3.63, 3.8) is 0 Å². The molecule has 0 spiro atoms. The van der Waals surface area contributed by atoms with E-state index in [-0.39, 0.29) is 6.42 Å². The number of benzene rings is 1. The van der Waals surface area contributed by atoms with Crippen LogP contribution in [0.3, 0.4) is 0 Å². The maximum atomic E-state index is 12.5. The average molecular weight is 363 g/mol. The number of esters is 1. The second-order valence-electron chi connectivity index (χ2n) is 7.07. The minimum atomic E-state index is -1.21. The molecule has 0 amide bonds. The molecule has 1 fully saturated rings. The molecule has 0 saturated carbocycles. The molecule has 1 aromatic carbocycles. The Morgan fingerprint density at radius 2 is 2.00 bits per heavy atom. The quantitative estimate of drug-likeness (QED) is 0.711. The summed E-state index contributed by atoms with van der Waals surface area (Å²) in [5.41, 5.74) is -0.410. The number of hydrogen-bond acceptors (Lipinski definition) is 4. The van der Waals surface area contributed by atoms with Crippen LogP contribution >= 0.6 is 11.6 Å². The zero-order chi connectivity index (χ0) is 18.4. The second kappa shape index (κ2) is 8.69. The number of halogens is 1. The number of nitrogens with zero attached hydrogens (tertiary/aromatic N) is 2. The number of nitriles is 1. The van der Waals surface area contributed by atoms with Gasteiger partial charge in [-0.1, -0.05) is 36.2 Å². The lowest BCUT2D eigenvalue weighted by atomic mass is 9.79. The van der Waals surface area contributed by atoms with Crippen molar-refractivity contribution in [2.24, 2.45) is 5.41 Å². The maximum absolute atomic E-state index is 12.5. The van der Waals surface area contributed by atoms with Gasteiger partial charge in [0.1, 0.15) is 0 Å². The van der Waals surface area contributed by atoms with Crippen LogP contribution in [0.2, 0.25) is 5.02 Å². The van der Waals surface area contributed by atoms with Gasteiger partial charge in [0, 0.05) is 30.1 Å². The van der Waals surface area contributed by atoms with Crippen LogP contribution in [-0.4, -0.2) is 36.6 Å². The molecule has 3 unspecified atom stereocenters. The largest absolute Gasteiger partial charge is 0.468 e. The third-order valence-corrected chi connectivity index (χ3v) is 5.78. The molecule has 1 saturated heterocycles. The van der Waals surface area contributed by atoms with Crippen molar-refractivity contribution in [1.29, 1.82) is 5.26 Å². The lowest BCUT2D eigenvalue weighted by Gasteiger charge is -2.40. The third-order valence-electron chi connectivity index (χ3n) is 5.41. The Balaban J connectivity index is 2.22. The predicted octanol–water partition coefficient (Wildman–Crippen LogP) is 4.22. The van der Waals surface area contributed by atoms with Gasteiger partial charge in [-0.25, -0.2) is 0 Å². The zero-order valence-electron chi connectivity index (χ0n) is 15.3. The fourth-order valence-electron chi connectivity index (χ4n) is 3.80. The highest BCUT2D eigenvalue weighted by Gasteiger charge is 2.41. The molecule has 3 atom stereocenters. The Bertz CT molecular complexity index is 633. The van der Waals surface area contributed by atoms with E-state index < -0.39 is 11.4 Å². The summed E-state index contributed by atoms with van der Waals surface area (Å²) in [6.45, 7) is 5.14. The van der Waals surface area contributed by atoms with Crippen LogP contribution in [0.15, 0.2) is 24.3 Å². The SMILES string of the molecule is COC(=O)C(C#N)(CCN1C(C)CCCC1C)Cc1ccccc1Cl. The van der Waals surface area contributed by atoms with Crippen LogP contribution in [0.5, 0.6) is 0 Å². The first-order chi connectivity index (χ1) is 11.9. The molecule has 1 heterocycles. The first kappa shape index (κ1) is 19.8. The molecular formula is C20H27ClN2O2.